The number of amides is 1. The van der Waals surface area contributed by atoms with Crippen molar-refractivity contribution < 1.29 is 9.53 Å². The van der Waals surface area contributed by atoms with Crippen LogP contribution in [-0.4, -0.2) is 22.2 Å². The van der Waals surface area contributed by atoms with E-state index in [1.807, 2.05) is 12.1 Å². The summed E-state index contributed by atoms with van der Waals surface area (Å²) in [7, 11) is 0. The third kappa shape index (κ3) is 4.48. The van der Waals surface area contributed by atoms with E-state index in [1.165, 1.54) is 11.3 Å². The minimum absolute atomic E-state index is 0.335. The molecule has 0 aliphatic rings. The number of nitrogens with one attached hydrogen (secondary N) is 1. The van der Waals surface area contributed by atoms with Crippen LogP contribution in [0.25, 0.3) is 10.6 Å². The number of hydrogen-bond donors (Lipinski definition) is 1. The number of rotatable bonds is 5. The summed E-state index contributed by atoms with van der Waals surface area (Å²) in [5.74, 6) is 0.115. The van der Waals surface area contributed by atoms with E-state index in [1.54, 1.807) is 43.3 Å². The number of nitrogens with zero attached hydrogens (tertiary/aromatic N) is 2. The number of halogens is 2. The second kappa shape index (κ2) is 7.82. The molecule has 1 N–H and O–H groups in total. The zero-order valence-corrected chi connectivity index (χ0v) is 15.4. The van der Waals surface area contributed by atoms with Crippen molar-refractivity contribution in [2.24, 2.45) is 0 Å². The van der Waals surface area contributed by atoms with Gasteiger partial charge in [-0.2, -0.15) is 0 Å². The lowest BCUT2D eigenvalue weighted by molar-refractivity contribution is -0.122. The second-order valence-electron chi connectivity index (χ2n) is 5.10. The van der Waals surface area contributed by atoms with Crippen molar-refractivity contribution in [3.63, 3.8) is 0 Å². The first-order valence-corrected chi connectivity index (χ1v) is 8.91. The molecule has 0 spiro atoms. The van der Waals surface area contributed by atoms with Crippen LogP contribution >= 0.6 is 34.5 Å². The summed E-state index contributed by atoms with van der Waals surface area (Å²) < 4.78 is 5.58. The van der Waals surface area contributed by atoms with Gasteiger partial charge in [0.1, 0.15) is 10.8 Å². The molecular formula is C17H13Cl2N3O2S. The fourth-order valence-electron chi connectivity index (χ4n) is 1.97. The Kier molecular flexibility index (Phi) is 5.53. The first-order valence-electron chi connectivity index (χ1n) is 7.34. The molecule has 8 heteroatoms. The fraction of sp³-hybridized carbons (Fsp3) is 0.118. The van der Waals surface area contributed by atoms with Gasteiger partial charge in [0.2, 0.25) is 5.13 Å². The molecule has 0 aliphatic heterocycles. The van der Waals surface area contributed by atoms with Crippen molar-refractivity contribution in [1.82, 2.24) is 10.2 Å². The number of hydrogen-bond acceptors (Lipinski definition) is 5. The summed E-state index contributed by atoms with van der Waals surface area (Å²) >= 11 is 13.2. The summed E-state index contributed by atoms with van der Waals surface area (Å²) in [5, 5.41) is 12.9. The molecule has 1 amide bonds. The average molecular weight is 394 g/mol. The monoisotopic (exact) mass is 393 g/mol. The Balaban J connectivity index is 1.65. The summed E-state index contributed by atoms with van der Waals surface area (Å²) in [5.41, 5.74) is 0.878. The van der Waals surface area contributed by atoms with Crippen LogP contribution < -0.4 is 10.1 Å². The van der Waals surface area contributed by atoms with Gasteiger partial charge in [0.25, 0.3) is 5.91 Å². The Morgan fingerprint density at radius 1 is 1.12 bits per heavy atom. The van der Waals surface area contributed by atoms with Crippen LogP contribution in [0.4, 0.5) is 5.13 Å². The largest absolute Gasteiger partial charge is 0.479 e. The minimum atomic E-state index is -0.734. The molecule has 3 aromatic rings. The summed E-state index contributed by atoms with van der Waals surface area (Å²) in [6.45, 7) is 1.64. The predicted molar refractivity (Wildman–Crippen MR) is 101 cm³/mol. The van der Waals surface area contributed by atoms with E-state index in [4.69, 9.17) is 27.9 Å². The van der Waals surface area contributed by atoms with Gasteiger partial charge >= 0.3 is 0 Å². The van der Waals surface area contributed by atoms with Crippen LogP contribution in [-0.2, 0) is 4.79 Å². The first-order chi connectivity index (χ1) is 12.0. The number of carbonyl (C=O) groups excluding carboxylic acids is 1. The molecule has 0 radical (unpaired) electrons. The Bertz CT molecular complexity index is 884. The van der Waals surface area contributed by atoms with Crippen LogP contribution in [0, 0.1) is 0 Å². The third-order valence-corrected chi connectivity index (χ3v) is 4.71. The van der Waals surface area contributed by atoms with E-state index >= 15 is 0 Å². The minimum Gasteiger partial charge on any atom is -0.479 e. The highest BCUT2D eigenvalue weighted by Crippen LogP contribution is 2.28. The smallest absolute Gasteiger partial charge is 0.266 e. The SMILES string of the molecule is CC(Oc1ccccc1Cl)C(=O)Nc1nnc(-c2ccc(Cl)cc2)s1. The molecule has 1 heterocycles. The van der Waals surface area contributed by atoms with Gasteiger partial charge in [-0.05, 0) is 31.2 Å². The van der Waals surface area contributed by atoms with Gasteiger partial charge in [-0.3, -0.25) is 10.1 Å². The molecule has 25 heavy (non-hydrogen) atoms. The quantitative estimate of drug-likeness (QED) is 0.667. The maximum Gasteiger partial charge on any atom is 0.266 e. The van der Waals surface area contributed by atoms with Gasteiger partial charge in [-0.25, -0.2) is 0 Å². The Morgan fingerprint density at radius 3 is 2.56 bits per heavy atom. The highest BCUT2D eigenvalue weighted by Gasteiger charge is 2.18. The van der Waals surface area contributed by atoms with Gasteiger partial charge in [-0.15, -0.1) is 10.2 Å². The van der Waals surface area contributed by atoms with Crippen molar-refractivity contribution in [3.8, 4) is 16.3 Å². The number of para-hydroxylation sites is 1. The number of anilines is 1. The second-order valence-corrected chi connectivity index (χ2v) is 6.92. The molecule has 0 fully saturated rings. The molecule has 1 unspecified atom stereocenters. The molecule has 0 saturated heterocycles. The van der Waals surface area contributed by atoms with Crippen LogP contribution in [0.15, 0.2) is 48.5 Å². The topological polar surface area (TPSA) is 64.1 Å². The Labute approximate surface area is 158 Å². The van der Waals surface area contributed by atoms with Crippen molar-refractivity contribution in [3.05, 3.63) is 58.6 Å². The van der Waals surface area contributed by atoms with Crippen LogP contribution in [0.1, 0.15) is 6.92 Å². The number of aromatic nitrogens is 2. The van der Waals surface area contributed by atoms with Gasteiger partial charge in [0.05, 0.1) is 5.02 Å². The highest BCUT2D eigenvalue weighted by atomic mass is 35.5. The molecule has 3 rings (SSSR count). The lowest BCUT2D eigenvalue weighted by Gasteiger charge is -2.14. The van der Waals surface area contributed by atoms with E-state index in [-0.39, 0.29) is 5.91 Å². The maximum absolute atomic E-state index is 12.3. The van der Waals surface area contributed by atoms with Crippen molar-refractivity contribution in [2.45, 2.75) is 13.0 Å². The Morgan fingerprint density at radius 2 is 1.84 bits per heavy atom. The van der Waals surface area contributed by atoms with Crippen LogP contribution in [0.3, 0.4) is 0 Å². The summed E-state index contributed by atoms with van der Waals surface area (Å²) in [4.78, 5) is 12.3. The van der Waals surface area contributed by atoms with E-state index < -0.39 is 6.10 Å². The molecule has 1 atom stereocenters. The first kappa shape index (κ1) is 17.7. The molecule has 0 saturated carbocycles. The third-order valence-electron chi connectivity index (χ3n) is 3.26. The van der Waals surface area contributed by atoms with Crippen LogP contribution in [0.2, 0.25) is 10.0 Å². The molecule has 128 valence electrons. The molecule has 0 aliphatic carbocycles. The van der Waals surface area contributed by atoms with Crippen molar-refractivity contribution in [2.75, 3.05) is 5.32 Å². The number of carbonyl (C=O) groups is 1. The van der Waals surface area contributed by atoms with E-state index in [9.17, 15) is 4.79 Å². The van der Waals surface area contributed by atoms with E-state index in [0.29, 0.717) is 25.9 Å². The number of ether oxygens (including phenoxy) is 1. The average Bonchev–Trinajstić information content (AvgIpc) is 3.06. The van der Waals surface area contributed by atoms with Gasteiger partial charge < -0.3 is 4.74 Å². The van der Waals surface area contributed by atoms with E-state index in [0.717, 1.165) is 5.56 Å². The molecule has 2 aromatic carbocycles. The standard InChI is InChI=1S/C17H13Cl2N3O2S/c1-10(24-14-5-3-2-4-13(14)19)15(23)20-17-22-21-16(25-17)11-6-8-12(18)9-7-11/h2-10H,1H3,(H,20,22,23). The lowest BCUT2D eigenvalue weighted by Crippen LogP contribution is -2.30. The van der Waals surface area contributed by atoms with Crippen molar-refractivity contribution in [1.29, 1.82) is 0 Å². The van der Waals surface area contributed by atoms with Gasteiger partial charge in [0, 0.05) is 10.6 Å². The van der Waals surface area contributed by atoms with Gasteiger partial charge in [0.15, 0.2) is 6.10 Å². The summed E-state index contributed by atoms with van der Waals surface area (Å²) in [6, 6.07) is 14.2. The zero-order valence-electron chi connectivity index (χ0n) is 13.1. The maximum atomic E-state index is 12.3. The predicted octanol–water partition coefficient (Wildman–Crippen LogP) is 4.92. The molecule has 1 aromatic heterocycles. The number of benzene rings is 2. The van der Waals surface area contributed by atoms with Crippen LogP contribution in [0.5, 0.6) is 5.75 Å². The lowest BCUT2D eigenvalue weighted by atomic mass is 10.2. The zero-order chi connectivity index (χ0) is 17.8. The Hall–Kier alpha value is -2.15. The molecule has 0 bridgehead atoms. The van der Waals surface area contributed by atoms with E-state index in [2.05, 4.69) is 15.5 Å². The van der Waals surface area contributed by atoms with Gasteiger partial charge in [-0.1, -0.05) is 58.8 Å². The molecule has 5 nitrogen and oxygen atoms in total. The normalized spacial score (nSPS) is 11.8. The molecular weight excluding hydrogens is 381 g/mol. The van der Waals surface area contributed by atoms with Crippen molar-refractivity contribution >= 4 is 45.6 Å². The fourth-order valence-corrected chi connectivity index (χ4v) is 3.03. The summed E-state index contributed by atoms with van der Waals surface area (Å²) in [6.07, 6.45) is -0.734. The highest BCUT2D eigenvalue weighted by molar-refractivity contribution is 7.18.